The molecule has 70 heavy (non-hydrogen) atoms. The Morgan fingerprint density at radius 3 is 2.24 bits per heavy atom. The van der Waals surface area contributed by atoms with E-state index in [1.165, 1.54) is 6.42 Å². The van der Waals surface area contributed by atoms with Gasteiger partial charge in [-0.15, -0.1) is 0 Å². The zero-order valence-electron chi connectivity index (χ0n) is 43.1. The Morgan fingerprint density at radius 1 is 0.857 bits per heavy atom. The Kier molecular flexibility index (Phi) is 12.9. The average molecular weight is 959 g/mol. The number of carbonyl (C=O) groups excluding carboxylic acids is 2. The lowest BCUT2D eigenvalue weighted by Crippen LogP contribution is -2.64. The predicted molar refractivity (Wildman–Crippen MR) is 270 cm³/mol. The van der Waals surface area contributed by atoms with Gasteiger partial charge in [-0.3, -0.25) is 4.68 Å². The van der Waals surface area contributed by atoms with Crippen molar-refractivity contribution in [1.82, 2.24) is 20.1 Å². The van der Waals surface area contributed by atoms with Crippen LogP contribution in [-0.2, 0) is 38.3 Å². The molecule has 2 aliphatic heterocycles. The fourth-order valence-electron chi connectivity index (χ4n) is 14.1. The number of esters is 1. The van der Waals surface area contributed by atoms with Crippen LogP contribution >= 0.6 is 0 Å². The van der Waals surface area contributed by atoms with Crippen molar-refractivity contribution in [2.75, 3.05) is 49.8 Å². The number of carboxylic acid groups (broad SMARTS) is 1. The number of anilines is 2. The molecular weight excluding hydrogens is 885 g/mol. The molecular formula is C56H74N6O8. The largest absolute Gasteiger partial charge is 0.478 e. The van der Waals surface area contributed by atoms with Crippen molar-refractivity contribution in [3.63, 3.8) is 0 Å². The molecule has 4 aliphatic carbocycles. The average Bonchev–Trinajstić information content (AvgIpc) is 3.86. The van der Waals surface area contributed by atoms with Gasteiger partial charge in [0.25, 0.3) is 0 Å². The molecule has 2 aromatic heterocycles. The van der Waals surface area contributed by atoms with E-state index >= 15 is 0 Å². The van der Waals surface area contributed by atoms with Gasteiger partial charge in [0.2, 0.25) is 0 Å². The number of carboxylic acids is 1. The first kappa shape index (κ1) is 49.5. The Hall–Kier alpha value is -5.47. The van der Waals surface area contributed by atoms with Crippen molar-refractivity contribution in [3.05, 3.63) is 94.4 Å². The molecule has 4 atom stereocenters. The van der Waals surface area contributed by atoms with Crippen LogP contribution in [0.5, 0.6) is 0 Å². The lowest BCUT2D eigenvalue weighted by Gasteiger charge is -2.69. The molecule has 4 aromatic rings. The van der Waals surface area contributed by atoms with Crippen molar-refractivity contribution in [2.24, 2.45) is 16.2 Å². The SMILES string of the molecule is COCCOC12CC3(C)CC(C)(CC(Cn4ncc(-c5ccc(N6CCc7cc(N8CC[C@H](NC(=O)OC(C)(C)C)C8)cc(C(=O)O)c7C6Cc6ccccc6)nc5C(=O)OC(C)(C)C)c4C)(C3)C1)C2. The number of fused-ring (bicyclic) bond motifs is 1. The molecule has 0 spiro atoms. The van der Waals surface area contributed by atoms with Crippen molar-refractivity contribution in [3.8, 4) is 11.1 Å². The molecule has 4 saturated carbocycles. The number of methoxy groups -OCH3 is 1. The van der Waals surface area contributed by atoms with Crippen LogP contribution in [0.15, 0.2) is 60.8 Å². The van der Waals surface area contributed by atoms with Crippen LogP contribution in [0.25, 0.3) is 11.1 Å². The summed E-state index contributed by atoms with van der Waals surface area (Å²) in [4.78, 5) is 50.1. The number of hydrogen-bond donors (Lipinski definition) is 2. The van der Waals surface area contributed by atoms with Crippen molar-refractivity contribution in [2.45, 2.75) is 156 Å². The third-order valence-corrected chi connectivity index (χ3v) is 15.4. The summed E-state index contributed by atoms with van der Waals surface area (Å²) in [6, 6.07) is 17.3. The van der Waals surface area contributed by atoms with E-state index in [1.807, 2.05) is 78.1 Å². The first-order valence-electron chi connectivity index (χ1n) is 25.3. The number of benzene rings is 2. The zero-order valence-corrected chi connectivity index (χ0v) is 43.1. The molecule has 10 rings (SSSR count). The van der Waals surface area contributed by atoms with Gasteiger partial charge in [-0.2, -0.15) is 5.10 Å². The number of carbonyl (C=O) groups is 3. The first-order valence-corrected chi connectivity index (χ1v) is 25.3. The van der Waals surface area contributed by atoms with E-state index < -0.39 is 35.3 Å². The highest BCUT2D eigenvalue weighted by Gasteiger charge is 2.66. The Morgan fingerprint density at radius 2 is 1.57 bits per heavy atom. The van der Waals surface area contributed by atoms with E-state index in [0.29, 0.717) is 63.5 Å². The maximum Gasteiger partial charge on any atom is 0.407 e. The van der Waals surface area contributed by atoms with Gasteiger partial charge in [0.15, 0.2) is 5.69 Å². The van der Waals surface area contributed by atoms with Crippen LogP contribution in [0, 0.1) is 23.2 Å². The quantitative estimate of drug-likeness (QED) is 0.0912. The number of rotatable bonds is 14. The molecule has 6 aliphatic rings. The van der Waals surface area contributed by atoms with Crippen LogP contribution in [-0.4, -0.2) is 101 Å². The monoisotopic (exact) mass is 959 g/mol. The number of ether oxygens (including phenoxy) is 4. The first-order chi connectivity index (χ1) is 33.0. The Labute approximate surface area is 413 Å². The number of amides is 1. The molecule has 14 heteroatoms. The summed E-state index contributed by atoms with van der Waals surface area (Å²) in [5, 5.41) is 19.0. The summed E-state index contributed by atoms with van der Waals surface area (Å²) in [7, 11) is 1.73. The normalized spacial score (nSPS) is 27.1. The van der Waals surface area contributed by atoms with E-state index in [-0.39, 0.29) is 39.1 Å². The third-order valence-electron chi connectivity index (χ3n) is 15.4. The number of nitrogens with one attached hydrogen (secondary N) is 1. The fourth-order valence-corrected chi connectivity index (χ4v) is 14.1. The van der Waals surface area contributed by atoms with Gasteiger partial charge in [-0.05, 0) is 163 Å². The van der Waals surface area contributed by atoms with Crippen molar-refractivity contribution in [1.29, 1.82) is 0 Å². The van der Waals surface area contributed by atoms with E-state index in [9.17, 15) is 19.5 Å². The van der Waals surface area contributed by atoms with Gasteiger partial charge < -0.3 is 39.2 Å². The Bertz CT molecular complexity index is 2610. The molecule has 1 saturated heterocycles. The minimum absolute atomic E-state index is 0.0131. The smallest absolute Gasteiger partial charge is 0.407 e. The van der Waals surface area contributed by atoms with Gasteiger partial charge in [0.1, 0.15) is 17.0 Å². The van der Waals surface area contributed by atoms with Crippen LogP contribution in [0.2, 0.25) is 0 Å². The number of nitrogens with zero attached hydrogens (tertiary/aromatic N) is 5. The minimum atomic E-state index is -1.02. The van der Waals surface area contributed by atoms with Crippen LogP contribution in [0.3, 0.4) is 0 Å². The highest BCUT2D eigenvalue weighted by Crippen LogP contribution is 2.72. The van der Waals surface area contributed by atoms with Crippen molar-refractivity contribution < 1.29 is 38.4 Å². The third kappa shape index (κ3) is 10.3. The molecule has 2 N–H and O–H groups in total. The molecule has 5 fully saturated rings. The summed E-state index contributed by atoms with van der Waals surface area (Å²) in [5.41, 5.74) is 5.19. The summed E-state index contributed by atoms with van der Waals surface area (Å²) >= 11 is 0. The molecule has 4 heterocycles. The Balaban J connectivity index is 1.05. The molecule has 1 amide bonds. The van der Waals surface area contributed by atoms with Crippen LogP contribution in [0.4, 0.5) is 16.3 Å². The van der Waals surface area contributed by atoms with Crippen LogP contribution in [0.1, 0.15) is 150 Å². The highest BCUT2D eigenvalue weighted by molar-refractivity contribution is 5.96. The lowest BCUT2D eigenvalue weighted by atomic mass is 9.39. The molecule has 4 bridgehead atoms. The predicted octanol–water partition coefficient (Wildman–Crippen LogP) is 10.1. The van der Waals surface area contributed by atoms with E-state index in [2.05, 4.69) is 58.8 Å². The number of aromatic carboxylic acids is 1. The molecule has 2 aromatic carbocycles. The second-order valence-corrected chi connectivity index (χ2v) is 24.2. The van der Waals surface area contributed by atoms with Gasteiger partial charge in [0, 0.05) is 55.8 Å². The van der Waals surface area contributed by atoms with Gasteiger partial charge >= 0.3 is 18.0 Å². The molecule has 3 unspecified atom stereocenters. The zero-order chi connectivity index (χ0) is 50.0. The second kappa shape index (κ2) is 18.3. The van der Waals surface area contributed by atoms with E-state index in [1.54, 1.807) is 13.2 Å². The molecule has 14 nitrogen and oxygen atoms in total. The highest BCUT2D eigenvalue weighted by atomic mass is 16.6. The number of pyridine rings is 1. The lowest BCUT2D eigenvalue weighted by molar-refractivity contribution is -0.250. The second-order valence-electron chi connectivity index (χ2n) is 24.2. The maximum absolute atomic E-state index is 14.5. The molecule has 0 radical (unpaired) electrons. The topological polar surface area (TPSA) is 158 Å². The summed E-state index contributed by atoms with van der Waals surface area (Å²) in [5.74, 6) is -0.992. The minimum Gasteiger partial charge on any atom is -0.478 e. The number of alkyl carbamates (subject to hydrolysis) is 1. The van der Waals surface area contributed by atoms with E-state index in [0.717, 1.165) is 72.3 Å². The summed E-state index contributed by atoms with van der Waals surface area (Å²) in [6.45, 7) is 21.7. The summed E-state index contributed by atoms with van der Waals surface area (Å²) in [6.07, 6.45) is 9.77. The summed E-state index contributed by atoms with van der Waals surface area (Å²) < 4.78 is 26.0. The number of aromatic nitrogens is 3. The standard InChI is InChI=1S/C56H74N6O8/c1-36-43(27-57-62(36)35-55-30-53(8)29-54(9,31-55)33-56(32-53,34-55)68-23-22-67-10)41-16-17-45(59-47(41)49(65)69-51(2,3)4)61-21-18-38-25-40(60-20-19-39(28-60)58-50(66)70-52(5,6)7)26-42(48(63)64)46(38)44(61)24-37-14-12-11-13-15-37/h11-17,25-27,39,44H,18-24,28-35H2,1-10H3,(H,58,66)(H,63,64)/t39-,44?,53?,54?,55?,56?/m0/s1. The maximum atomic E-state index is 14.5. The van der Waals surface area contributed by atoms with Crippen molar-refractivity contribution >= 4 is 29.5 Å². The van der Waals surface area contributed by atoms with E-state index in [4.69, 9.17) is 29.0 Å². The fraction of sp³-hybridized carbons (Fsp3) is 0.589. The molecule has 376 valence electrons. The van der Waals surface area contributed by atoms with Gasteiger partial charge in [0.05, 0.1) is 42.7 Å². The van der Waals surface area contributed by atoms with Gasteiger partial charge in [-0.1, -0.05) is 44.2 Å². The van der Waals surface area contributed by atoms with Gasteiger partial charge in [-0.25, -0.2) is 19.4 Å². The van der Waals surface area contributed by atoms with Crippen LogP contribution < -0.4 is 15.1 Å². The number of hydrogen-bond acceptors (Lipinski definition) is 11.